The molecule has 3 aromatic rings. The van der Waals surface area contributed by atoms with E-state index in [2.05, 4.69) is 24.4 Å². The summed E-state index contributed by atoms with van der Waals surface area (Å²) < 4.78 is 11.4. The number of ether oxygens (including phenoxy) is 1. The number of furan rings is 1. The van der Waals surface area contributed by atoms with Crippen molar-refractivity contribution in [2.75, 3.05) is 6.61 Å². The van der Waals surface area contributed by atoms with Crippen LogP contribution in [0.25, 0.3) is 11.0 Å². The molecule has 4 bridgehead atoms. The maximum absolute atomic E-state index is 13.1. The van der Waals surface area contributed by atoms with Crippen LogP contribution in [0, 0.1) is 23.2 Å². The van der Waals surface area contributed by atoms with Gasteiger partial charge in [-0.1, -0.05) is 48.5 Å². The molecule has 4 aliphatic rings. The van der Waals surface area contributed by atoms with Crippen molar-refractivity contribution in [3.63, 3.8) is 0 Å². The highest BCUT2D eigenvalue weighted by atomic mass is 32.2. The van der Waals surface area contributed by atoms with E-state index in [1.807, 2.05) is 42.5 Å². The van der Waals surface area contributed by atoms with Crippen LogP contribution >= 0.6 is 11.8 Å². The van der Waals surface area contributed by atoms with Crippen molar-refractivity contribution in [3.05, 3.63) is 71.5 Å². The van der Waals surface area contributed by atoms with Crippen molar-refractivity contribution in [1.29, 1.82) is 0 Å². The Morgan fingerprint density at radius 3 is 2.32 bits per heavy atom. The molecule has 0 spiro atoms. The van der Waals surface area contributed by atoms with E-state index >= 15 is 0 Å². The van der Waals surface area contributed by atoms with E-state index in [0.29, 0.717) is 11.3 Å². The van der Waals surface area contributed by atoms with Gasteiger partial charge in [0.1, 0.15) is 5.58 Å². The standard InChI is InChI=1S/C31H35NO4S/c1-20(31-14-22-11-23(15-31)13-24(12-22)16-31)32-28(33)17-35-30(34)29-26(25-9-5-6-10-27(25)36-29)19-37-18-21-7-3-2-4-8-21/h2-10,20,22-24H,11-19H2,1H3,(H,32,33)/t20-,22?,23?,24?,31?/m0/s1. The first kappa shape index (κ1) is 24.6. The summed E-state index contributed by atoms with van der Waals surface area (Å²) in [6.45, 7) is 1.86. The molecule has 1 N–H and O–H groups in total. The number of benzene rings is 2. The van der Waals surface area contributed by atoms with Gasteiger partial charge in [-0.3, -0.25) is 4.79 Å². The molecule has 1 heterocycles. The average Bonchev–Trinajstić information content (AvgIpc) is 3.26. The van der Waals surface area contributed by atoms with Crippen LogP contribution in [0.4, 0.5) is 0 Å². The van der Waals surface area contributed by atoms with E-state index in [9.17, 15) is 9.59 Å². The minimum atomic E-state index is -0.580. The number of esters is 1. The van der Waals surface area contributed by atoms with Gasteiger partial charge in [0.05, 0.1) is 0 Å². The number of rotatable bonds is 9. The van der Waals surface area contributed by atoms with Crippen LogP contribution in [-0.4, -0.2) is 24.5 Å². The third-order valence-corrected chi connectivity index (χ3v) is 9.99. The summed E-state index contributed by atoms with van der Waals surface area (Å²) in [6.07, 6.45) is 7.80. The minimum Gasteiger partial charge on any atom is -0.450 e. The van der Waals surface area contributed by atoms with Crippen molar-refractivity contribution < 1.29 is 18.7 Å². The molecule has 1 amide bonds. The molecule has 4 aliphatic carbocycles. The van der Waals surface area contributed by atoms with Crippen molar-refractivity contribution in [1.82, 2.24) is 5.32 Å². The van der Waals surface area contributed by atoms with E-state index in [1.54, 1.807) is 11.8 Å². The number of thioether (sulfide) groups is 1. The average molecular weight is 518 g/mol. The number of hydrogen-bond acceptors (Lipinski definition) is 5. The lowest BCUT2D eigenvalue weighted by Crippen LogP contribution is -2.56. The van der Waals surface area contributed by atoms with Crippen molar-refractivity contribution in [2.24, 2.45) is 23.2 Å². The molecular weight excluding hydrogens is 482 g/mol. The number of hydrogen-bond donors (Lipinski definition) is 1. The van der Waals surface area contributed by atoms with Crippen LogP contribution in [-0.2, 0) is 21.0 Å². The summed E-state index contributed by atoms with van der Waals surface area (Å²) in [5.74, 6) is 3.32. The van der Waals surface area contributed by atoms with E-state index in [1.165, 1.54) is 44.1 Å². The maximum atomic E-state index is 13.1. The van der Waals surface area contributed by atoms with Crippen LogP contribution in [0.5, 0.6) is 0 Å². The second kappa shape index (κ2) is 10.2. The van der Waals surface area contributed by atoms with Gasteiger partial charge in [0.2, 0.25) is 5.76 Å². The van der Waals surface area contributed by atoms with Crippen LogP contribution in [0.2, 0.25) is 0 Å². The predicted octanol–water partition coefficient (Wildman–Crippen LogP) is 6.74. The number of nitrogens with one attached hydrogen (secondary N) is 1. The maximum Gasteiger partial charge on any atom is 0.375 e. The third kappa shape index (κ3) is 5.05. The first-order chi connectivity index (χ1) is 18.0. The number of carbonyl (C=O) groups is 2. The molecule has 0 saturated heterocycles. The Kier molecular flexibility index (Phi) is 6.78. The van der Waals surface area contributed by atoms with Crippen molar-refractivity contribution in [3.8, 4) is 0 Å². The Morgan fingerprint density at radius 2 is 1.62 bits per heavy atom. The van der Waals surface area contributed by atoms with Gasteiger partial charge in [0.25, 0.3) is 5.91 Å². The van der Waals surface area contributed by atoms with Crippen molar-refractivity contribution in [2.45, 2.75) is 63.0 Å². The monoisotopic (exact) mass is 517 g/mol. The Hall–Kier alpha value is -2.73. The molecule has 1 aromatic heterocycles. The number of amides is 1. The molecule has 4 saturated carbocycles. The normalized spacial score (nSPS) is 26.8. The number of para-hydroxylation sites is 1. The zero-order chi connectivity index (χ0) is 25.4. The van der Waals surface area contributed by atoms with Crippen molar-refractivity contribution >= 4 is 34.6 Å². The van der Waals surface area contributed by atoms with E-state index in [4.69, 9.17) is 9.15 Å². The predicted molar refractivity (Wildman–Crippen MR) is 146 cm³/mol. The molecule has 1 atom stereocenters. The highest BCUT2D eigenvalue weighted by Crippen LogP contribution is 2.61. The summed E-state index contributed by atoms with van der Waals surface area (Å²) in [7, 11) is 0. The Bertz CT molecular complexity index is 1250. The van der Waals surface area contributed by atoms with Gasteiger partial charge in [0, 0.05) is 28.5 Å². The smallest absolute Gasteiger partial charge is 0.375 e. The van der Waals surface area contributed by atoms with E-state index in [0.717, 1.165) is 34.5 Å². The lowest BCUT2D eigenvalue weighted by atomic mass is 9.48. The third-order valence-electron chi connectivity index (χ3n) is 8.96. The first-order valence-corrected chi connectivity index (χ1v) is 14.7. The topological polar surface area (TPSA) is 68.5 Å². The summed E-state index contributed by atoms with van der Waals surface area (Å²) in [5, 5.41) is 4.10. The van der Waals surface area contributed by atoms with Gasteiger partial charge in [-0.2, -0.15) is 11.8 Å². The molecule has 194 valence electrons. The van der Waals surface area contributed by atoms with Gasteiger partial charge in [-0.05, 0) is 80.2 Å². The van der Waals surface area contributed by atoms with Gasteiger partial charge in [-0.15, -0.1) is 0 Å². The van der Waals surface area contributed by atoms with E-state index in [-0.39, 0.29) is 29.7 Å². The molecule has 0 aliphatic heterocycles. The summed E-state index contributed by atoms with van der Waals surface area (Å²) in [4.78, 5) is 25.9. The Labute approximate surface area is 222 Å². The Morgan fingerprint density at radius 1 is 0.973 bits per heavy atom. The molecule has 5 nitrogen and oxygen atoms in total. The lowest BCUT2D eigenvalue weighted by Gasteiger charge is -2.59. The van der Waals surface area contributed by atoms with Crippen LogP contribution < -0.4 is 5.32 Å². The fraction of sp³-hybridized carbons (Fsp3) is 0.484. The molecule has 2 aromatic carbocycles. The van der Waals surface area contributed by atoms with Gasteiger partial charge in [0.15, 0.2) is 6.61 Å². The highest BCUT2D eigenvalue weighted by Gasteiger charge is 2.53. The summed E-state index contributed by atoms with van der Waals surface area (Å²) in [6, 6.07) is 18.0. The zero-order valence-corrected chi connectivity index (χ0v) is 22.2. The van der Waals surface area contributed by atoms with Crippen LogP contribution in [0.3, 0.4) is 0 Å². The quantitative estimate of drug-likeness (QED) is 0.318. The van der Waals surface area contributed by atoms with Gasteiger partial charge >= 0.3 is 5.97 Å². The summed E-state index contributed by atoms with van der Waals surface area (Å²) in [5.41, 5.74) is 2.93. The molecular formula is C31H35NO4S. The number of carbonyl (C=O) groups excluding carboxylic acids is 2. The molecule has 4 fully saturated rings. The second-order valence-corrected chi connectivity index (χ2v) is 12.5. The van der Waals surface area contributed by atoms with Crippen LogP contribution in [0.1, 0.15) is 67.1 Å². The fourth-order valence-corrected chi connectivity index (χ4v) is 8.61. The van der Waals surface area contributed by atoms with Crippen LogP contribution in [0.15, 0.2) is 59.0 Å². The molecule has 7 rings (SSSR count). The molecule has 6 heteroatoms. The molecule has 0 unspecified atom stereocenters. The minimum absolute atomic E-state index is 0.100. The molecule has 37 heavy (non-hydrogen) atoms. The first-order valence-electron chi connectivity index (χ1n) is 13.6. The fourth-order valence-electron chi connectivity index (χ4n) is 7.59. The lowest BCUT2D eigenvalue weighted by molar-refractivity contribution is -0.128. The largest absolute Gasteiger partial charge is 0.450 e. The molecule has 0 radical (unpaired) electrons. The van der Waals surface area contributed by atoms with E-state index < -0.39 is 5.97 Å². The second-order valence-electron chi connectivity index (χ2n) is 11.5. The highest BCUT2D eigenvalue weighted by molar-refractivity contribution is 7.97. The SMILES string of the molecule is C[C@H](NC(=O)COC(=O)c1oc2ccccc2c1CSCc1ccccc1)C12CC3CC(CC(C3)C1)C2. The zero-order valence-electron chi connectivity index (χ0n) is 21.4. The van der Waals surface area contributed by atoms with Gasteiger partial charge in [-0.25, -0.2) is 4.79 Å². The van der Waals surface area contributed by atoms with Gasteiger partial charge < -0.3 is 14.5 Å². The summed E-state index contributed by atoms with van der Waals surface area (Å²) >= 11 is 1.72. The Balaban J connectivity index is 1.08. The number of fused-ring (bicyclic) bond motifs is 1.